The number of rotatable bonds is 8. The largest absolute Gasteiger partial charge is 0.497 e. The molecule has 2 amide bonds. The molecule has 0 saturated carbocycles. The minimum absolute atomic E-state index is 0.0881. The van der Waals surface area contributed by atoms with Gasteiger partial charge < -0.3 is 19.7 Å². The van der Waals surface area contributed by atoms with E-state index in [0.717, 1.165) is 12.1 Å². The van der Waals surface area contributed by atoms with E-state index in [1.54, 1.807) is 38.5 Å². The summed E-state index contributed by atoms with van der Waals surface area (Å²) in [6, 6.07) is 5.33. The van der Waals surface area contributed by atoms with Crippen molar-refractivity contribution in [2.45, 2.75) is 0 Å². The molecular formula is C18H23N3O4S2. The Labute approximate surface area is 168 Å². The molecular weight excluding hydrogens is 386 g/mol. The molecule has 1 aromatic rings. The first-order valence-electron chi connectivity index (χ1n) is 8.24. The molecule has 0 aliphatic carbocycles. The standard InChI is InChI=1S/C18H23N3O4S2/c1-20(2)8-7-19-16(22)11-21-17(23)15(27-18(21)26)9-12-5-6-13(24-3)10-14(12)25-4/h5-6,9-10H,7-8,11H2,1-4H3,(H,19,22). The molecule has 1 heterocycles. The summed E-state index contributed by atoms with van der Waals surface area (Å²) >= 11 is 6.44. The maximum atomic E-state index is 12.7. The number of thioether (sulfide) groups is 1. The highest BCUT2D eigenvalue weighted by atomic mass is 32.2. The number of hydrogen-bond donors (Lipinski definition) is 1. The van der Waals surface area contributed by atoms with E-state index >= 15 is 0 Å². The van der Waals surface area contributed by atoms with E-state index in [-0.39, 0.29) is 18.4 Å². The van der Waals surface area contributed by atoms with Crippen molar-refractivity contribution < 1.29 is 19.1 Å². The van der Waals surface area contributed by atoms with Gasteiger partial charge in [-0.3, -0.25) is 14.5 Å². The van der Waals surface area contributed by atoms with E-state index in [4.69, 9.17) is 21.7 Å². The van der Waals surface area contributed by atoms with E-state index in [9.17, 15) is 9.59 Å². The highest BCUT2D eigenvalue weighted by Crippen LogP contribution is 2.35. The highest BCUT2D eigenvalue weighted by molar-refractivity contribution is 8.26. The number of hydrogen-bond acceptors (Lipinski definition) is 7. The number of methoxy groups -OCH3 is 2. The highest BCUT2D eigenvalue weighted by Gasteiger charge is 2.33. The van der Waals surface area contributed by atoms with Gasteiger partial charge in [0.05, 0.1) is 19.1 Å². The Morgan fingerprint density at radius 3 is 2.70 bits per heavy atom. The lowest BCUT2D eigenvalue weighted by Crippen LogP contribution is -2.41. The molecule has 0 unspecified atom stereocenters. The zero-order valence-corrected chi connectivity index (χ0v) is 17.4. The van der Waals surface area contributed by atoms with Crippen LogP contribution in [-0.4, -0.2) is 73.9 Å². The molecule has 0 atom stereocenters. The Bertz CT molecular complexity index is 765. The fourth-order valence-corrected chi connectivity index (χ4v) is 3.58. The van der Waals surface area contributed by atoms with Crippen LogP contribution < -0.4 is 14.8 Å². The van der Waals surface area contributed by atoms with Crippen LogP contribution in [0.5, 0.6) is 11.5 Å². The second kappa shape index (κ2) is 9.72. The van der Waals surface area contributed by atoms with Crippen molar-refractivity contribution in [3.05, 3.63) is 28.7 Å². The summed E-state index contributed by atoms with van der Waals surface area (Å²) in [5.74, 6) is 0.717. The van der Waals surface area contributed by atoms with Crippen LogP contribution in [0, 0.1) is 0 Å². The number of ether oxygens (including phenoxy) is 2. The molecule has 0 radical (unpaired) electrons. The molecule has 9 heteroatoms. The zero-order chi connectivity index (χ0) is 20.0. The van der Waals surface area contributed by atoms with Crippen molar-refractivity contribution in [1.82, 2.24) is 15.1 Å². The van der Waals surface area contributed by atoms with Gasteiger partial charge >= 0.3 is 0 Å². The Morgan fingerprint density at radius 2 is 2.07 bits per heavy atom. The van der Waals surface area contributed by atoms with E-state index in [0.29, 0.717) is 27.3 Å². The zero-order valence-electron chi connectivity index (χ0n) is 15.8. The van der Waals surface area contributed by atoms with Crippen LogP contribution in [0.2, 0.25) is 0 Å². The molecule has 0 spiro atoms. The predicted octanol–water partition coefficient (Wildman–Crippen LogP) is 1.58. The predicted molar refractivity (Wildman–Crippen MR) is 111 cm³/mol. The van der Waals surface area contributed by atoms with Crippen molar-refractivity contribution in [1.29, 1.82) is 0 Å². The summed E-state index contributed by atoms with van der Waals surface area (Å²) in [4.78, 5) is 28.4. The molecule has 0 bridgehead atoms. The summed E-state index contributed by atoms with van der Waals surface area (Å²) in [6.45, 7) is 1.15. The molecule has 2 rings (SSSR count). The molecule has 7 nitrogen and oxygen atoms in total. The van der Waals surface area contributed by atoms with Crippen LogP contribution >= 0.6 is 24.0 Å². The number of carbonyl (C=O) groups excluding carboxylic acids is 2. The van der Waals surface area contributed by atoms with Crippen LogP contribution in [-0.2, 0) is 9.59 Å². The fraction of sp³-hybridized carbons (Fsp3) is 0.389. The number of nitrogens with zero attached hydrogens (tertiary/aromatic N) is 2. The molecule has 0 aromatic heterocycles. The molecule has 1 N–H and O–H groups in total. The first-order valence-corrected chi connectivity index (χ1v) is 9.47. The Balaban J connectivity index is 2.09. The van der Waals surface area contributed by atoms with Crippen LogP contribution in [0.25, 0.3) is 6.08 Å². The Hall–Kier alpha value is -2.10. The fourth-order valence-electron chi connectivity index (χ4n) is 2.33. The summed E-state index contributed by atoms with van der Waals surface area (Å²) in [5, 5.41) is 2.78. The molecule has 1 aliphatic heterocycles. The lowest BCUT2D eigenvalue weighted by molar-refractivity contribution is -0.128. The third-order valence-electron chi connectivity index (χ3n) is 3.78. The second-order valence-corrected chi connectivity index (χ2v) is 7.70. The lowest BCUT2D eigenvalue weighted by atomic mass is 10.1. The van der Waals surface area contributed by atoms with E-state index < -0.39 is 0 Å². The van der Waals surface area contributed by atoms with E-state index in [1.165, 1.54) is 16.7 Å². The van der Waals surface area contributed by atoms with Gasteiger partial charge in [0, 0.05) is 24.7 Å². The quantitative estimate of drug-likeness (QED) is 0.516. The number of likely N-dealkylation sites (N-methyl/N-ethyl adjacent to an activating group) is 1. The molecule has 27 heavy (non-hydrogen) atoms. The SMILES string of the molecule is COc1ccc(C=C2SC(=S)N(CC(=O)NCCN(C)C)C2=O)c(OC)c1. The monoisotopic (exact) mass is 409 g/mol. The van der Waals surface area contributed by atoms with Crippen molar-refractivity contribution in [2.24, 2.45) is 0 Å². The van der Waals surface area contributed by atoms with Crippen LogP contribution in [0.1, 0.15) is 5.56 Å². The molecule has 1 aliphatic rings. The summed E-state index contributed by atoms with van der Waals surface area (Å²) in [7, 11) is 6.97. The maximum Gasteiger partial charge on any atom is 0.266 e. The van der Waals surface area contributed by atoms with Crippen molar-refractivity contribution in [2.75, 3.05) is 47.9 Å². The summed E-state index contributed by atoms with van der Waals surface area (Å²) < 4.78 is 10.9. The molecule has 1 aromatic carbocycles. The average Bonchev–Trinajstić information content (AvgIpc) is 2.89. The topological polar surface area (TPSA) is 71.1 Å². The summed E-state index contributed by atoms with van der Waals surface area (Å²) in [6.07, 6.45) is 1.71. The lowest BCUT2D eigenvalue weighted by Gasteiger charge is -2.15. The molecule has 1 fully saturated rings. The number of amides is 2. The molecule has 146 valence electrons. The Morgan fingerprint density at radius 1 is 1.33 bits per heavy atom. The van der Waals surface area contributed by atoms with Gasteiger partial charge in [0.1, 0.15) is 22.4 Å². The average molecular weight is 410 g/mol. The minimum Gasteiger partial charge on any atom is -0.497 e. The number of nitrogens with one attached hydrogen (secondary N) is 1. The number of benzene rings is 1. The van der Waals surface area contributed by atoms with E-state index in [1.807, 2.05) is 19.0 Å². The molecule has 1 saturated heterocycles. The van der Waals surface area contributed by atoms with Crippen molar-refractivity contribution >= 4 is 46.2 Å². The summed E-state index contributed by atoms with van der Waals surface area (Å²) in [5.41, 5.74) is 0.731. The number of thiocarbonyl (C=S) groups is 1. The van der Waals surface area contributed by atoms with Gasteiger partial charge in [0.15, 0.2) is 0 Å². The van der Waals surface area contributed by atoms with Gasteiger partial charge in [0.2, 0.25) is 5.91 Å². The van der Waals surface area contributed by atoms with Gasteiger partial charge in [-0.15, -0.1) is 0 Å². The van der Waals surface area contributed by atoms with Gasteiger partial charge in [-0.05, 0) is 32.3 Å². The Kier molecular flexibility index (Phi) is 7.64. The van der Waals surface area contributed by atoms with Crippen LogP contribution in [0.15, 0.2) is 23.1 Å². The van der Waals surface area contributed by atoms with Gasteiger partial charge in [0.25, 0.3) is 5.91 Å². The van der Waals surface area contributed by atoms with E-state index in [2.05, 4.69) is 5.32 Å². The third-order valence-corrected chi connectivity index (χ3v) is 5.16. The third kappa shape index (κ3) is 5.69. The smallest absolute Gasteiger partial charge is 0.266 e. The van der Waals surface area contributed by atoms with Gasteiger partial charge in [-0.1, -0.05) is 24.0 Å². The minimum atomic E-state index is -0.286. The van der Waals surface area contributed by atoms with Crippen molar-refractivity contribution in [3.63, 3.8) is 0 Å². The van der Waals surface area contributed by atoms with Crippen molar-refractivity contribution in [3.8, 4) is 11.5 Å². The normalized spacial score (nSPS) is 15.6. The first-order chi connectivity index (χ1) is 12.8. The number of carbonyl (C=O) groups is 2. The maximum absolute atomic E-state index is 12.7. The second-order valence-electron chi connectivity index (χ2n) is 6.03. The van der Waals surface area contributed by atoms with Gasteiger partial charge in [-0.25, -0.2) is 0 Å². The van der Waals surface area contributed by atoms with Crippen LogP contribution in [0.3, 0.4) is 0 Å². The van der Waals surface area contributed by atoms with Gasteiger partial charge in [-0.2, -0.15) is 0 Å². The van der Waals surface area contributed by atoms with Crippen LogP contribution in [0.4, 0.5) is 0 Å². The first kappa shape index (κ1) is 21.2.